The minimum absolute atomic E-state index is 0.0471. The van der Waals surface area contributed by atoms with Crippen LogP contribution in [0.2, 0.25) is 0 Å². The van der Waals surface area contributed by atoms with Crippen LogP contribution in [0.25, 0.3) is 0 Å². The van der Waals surface area contributed by atoms with Gasteiger partial charge in [0.1, 0.15) is 0 Å². The van der Waals surface area contributed by atoms with Gasteiger partial charge in [0.15, 0.2) is 0 Å². The maximum absolute atomic E-state index is 11.3. The average molecular weight is 218 g/mol. The van der Waals surface area contributed by atoms with Crippen LogP contribution in [0.3, 0.4) is 0 Å². The number of nitrogens with two attached hydrogens (primary N) is 1. The first kappa shape index (κ1) is 11.8. The summed E-state index contributed by atoms with van der Waals surface area (Å²) in [7, 11) is 0. The van der Waals surface area contributed by atoms with Gasteiger partial charge in [-0.05, 0) is 19.8 Å². The molecule has 1 aliphatic heterocycles. The van der Waals surface area contributed by atoms with Crippen molar-refractivity contribution in [2.24, 2.45) is 5.84 Å². The lowest BCUT2D eigenvalue weighted by Crippen LogP contribution is -2.38. The zero-order chi connectivity index (χ0) is 10.6. The molecule has 4 nitrogen and oxygen atoms in total. The molecule has 5 heteroatoms. The molecule has 1 rings (SSSR count). The molecule has 82 valence electrons. The van der Waals surface area contributed by atoms with Crippen LogP contribution < -0.4 is 11.3 Å². The third-order valence-electron chi connectivity index (χ3n) is 2.45. The molecular formula is C9H18N2O2S. The van der Waals surface area contributed by atoms with E-state index >= 15 is 0 Å². The summed E-state index contributed by atoms with van der Waals surface area (Å²) < 4.78 is 5.44. The Kier molecular flexibility index (Phi) is 4.71. The first-order valence-electron chi connectivity index (χ1n) is 4.96. The Balaban J connectivity index is 2.43. The summed E-state index contributed by atoms with van der Waals surface area (Å²) in [4.78, 5) is 11.3. The molecule has 1 fully saturated rings. The molecular weight excluding hydrogens is 200 g/mol. The molecule has 3 atom stereocenters. The molecule has 0 aromatic carbocycles. The Morgan fingerprint density at radius 2 is 2.50 bits per heavy atom. The van der Waals surface area contributed by atoms with E-state index in [0.717, 1.165) is 19.4 Å². The fraction of sp³-hybridized carbons (Fsp3) is 0.889. The van der Waals surface area contributed by atoms with Gasteiger partial charge >= 0.3 is 0 Å². The molecule has 1 aliphatic rings. The number of ether oxygens (including phenoxy) is 1. The van der Waals surface area contributed by atoms with Gasteiger partial charge in [0, 0.05) is 11.9 Å². The lowest BCUT2D eigenvalue weighted by Gasteiger charge is -2.19. The van der Waals surface area contributed by atoms with Crippen LogP contribution in [-0.2, 0) is 9.53 Å². The molecule has 0 aliphatic carbocycles. The van der Waals surface area contributed by atoms with E-state index in [0.29, 0.717) is 5.25 Å². The summed E-state index contributed by atoms with van der Waals surface area (Å²) in [6, 6.07) is 0. The highest BCUT2D eigenvalue weighted by Gasteiger charge is 2.29. The number of amides is 1. The van der Waals surface area contributed by atoms with Gasteiger partial charge in [-0.25, -0.2) is 5.84 Å². The van der Waals surface area contributed by atoms with Crippen molar-refractivity contribution in [1.29, 1.82) is 0 Å². The van der Waals surface area contributed by atoms with E-state index in [1.807, 2.05) is 6.92 Å². The number of hydrazine groups is 1. The van der Waals surface area contributed by atoms with Crippen LogP contribution in [0.4, 0.5) is 0 Å². The first-order chi connectivity index (χ1) is 6.69. The Labute approximate surface area is 88.9 Å². The number of nitrogens with one attached hydrogen (secondary N) is 1. The smallest absolute Gasteiger partial charge is 0.246 e. The molecule has 3 unspecified atom stereocenters. The van der Waals surface area contributed by atoms with Gasteiger partial charge < -0.3 is 4.74 Å². The molecule has 0 saturated carbocycles. The van der Waals surface area contributed by atoms with E-state index < -0.39 is 0 Å². The van der Waals surface area contributed by atoms with Gasteiger partial charge in [0.25, 0.3) is 0 Å². The minimum atomic E-state index is -0.0865. The average Bonchev–Trinajstić information content (AvgIpc) is 2.59. The van der Waals surface area contributed by atoms with Gasteiger partial charge in [-0.1, -0.05) is 6.92 Å². The molecule has 14 heavy (non-hydrogen) atoms. The summed E-state index contributed by atoms with van der Waals surface area (Å²) in [5.41, 5.74) is 2.20. The Hall–Kier alpha value is -0.260. The Morgan fingerprint density at radius 3 is 2.93 bits per heavy atom. The summed E-state index contributed by atoms with van der Waals surface area (Å²) in [5.74, 6) is 5.03. The zero-order valence-corrected chi connectivity index (χ0v) is 9.47. The lowest BCUT2D eigenvalue weighted by molar-refractivity contribution is -0.120. The lowest BCUT2D eigenvalue weighted by atomic mass is 10.2. The summed E-state index contributed by atoms with van der Waals surface area (Å²) in [6.07, 6.45) is 2.08. The normalized spacial score (nSPS) is 28.8. The van der Waals surface area contributed by atoms with E-state index in [1.54, 1.807) is 11.8 Å². The highest BCUT2D eigenvalue weighted by molar-refractivity contribution is 8.01. The van der Waals surface area contributed by atoms with Crippen molar-refractivity contribution in [3.8, 4) is 0 Å². The highest BCUT2D eigenvalue weighted by Crippen LogP contribution is 2.30. The largest absolute Gasteiger partial charge is 0.377 e. The molecule has 1 saturated heterocycles. The number of thioether (sulfide) groups is 1. The third kappa shape index (κ3) is 2.87. The third-order valence-corrected chi connectivity index (χ3v) is 4.30. The Morgan fingerprint density at radius 1 is 1.79 bits per heavy atom. The number of hydrogen-bond donors (Lipinski definition) is 2. The Bertz CT molecular complexity index is 201. The van der Waals surface area contributed by atoms with Crippen molar-refractivity contribution in [1.82, 2.24) is 5.43 Å². The predicted octanol–water partition coefficient (Wildman–Crippen LogP) is 0.666. The number of carbonyl (C=O) groups is 1. The van der Waals surface area contributed by atoms with Crippen LogP contribution in [0.15, 0.2) is 0 Å². The van der Waals surface area contributed by atoms with Crippen molar-refractivity contribution >= 4 is 17.7 Å². The van der Waals surface area contributed by atoms with Crippen LogP contribution in [0, 0.1) is 0 Å². The zero-order valence-electron chi connectivity index (χ0n) is 8.66. The maximum atomic E-state index is 11.3. The second-order valence-electron chi connectivity index (χ2n) is 3.44. The van der Waals surface area contributed by atoms with Crippen molar-refractivity contribution in [2.75, 3.05) is 6.61 Å². The number of hydrogen-bond acceptors (Lipinski definition) is 4. The second kappa shape index (κ2) is 5.58. The molecule has 0 spiro atoms. The number of carbonyl (C=O) groups excluding carboxylic acids is 1. The maximum Gasteiger partial charge on any atom is 0.246 e. The van der Waals surface area contributed by atoms with Gasteiger partial charge in [-0.15, -0.1) is 11.8 Å². The molecule has 3 N–H and O–H groups in total. The molecule has 0 radical (unpaired) electrons. The number of rotatable bonds is 4. The topological polar surface area (TPSA) is 64.3 Å². The van der Waals surface area contributed by atoms with E-state index in [9.17, 15) is 4.79 Å². The summed E-state index contributed by atoms with van der Waals surface area (Å²) in [5, 5.41) is 0.381. The predicted molar refractivity (Wildman–Crippen MR) is 57.8 cm³/mol. The van der Waals surface area contributed by atoms with Crippen LogP contribution in [-0.4, -0.2) is 29.1 Å². The van der Waals surface area contributed by atoms with Crippen LogP contribution in [0.1, 0.15) is 26.7 Å². The molecule has 0 aromatic heterocycles. The standard InChI is InChI=1S/C9H18N2O2S/c1-3-7(9(12)11-10)14-8-4-5-13-6(8)2/h6-8H,3-5,10H2,1-2H3,(H,11,12). The molecule has 1 heterocycles. The van der Waals surface area contributed by atoms with E-state index in [-0.39, 0.29) is 17.3 Å². The molecule has 0 bridgehead atoms. The molecule has 1 amide bonds. The summed E-state index contributed by atoms with van der Waals surface area (Å²) >= 11 is 1.68. The van der Waals surface area contributed by atoms with E-state index in [1.165, 1.54) is 0 Å². The van der Waals surface area contributed by atoms with Gasteiger partial charge in [-0.3, -0.25) is 10.2 Å². The van der Waals surface area contributed by atoms with Crippen molar-refractivity contribution in [3.05, 3.63) is 0 Å². The van der Waals surface area contributed by atoms with Crippen LogP contribution in [0.5, 0.6) is 0 Å². The minimum Gasteiger partial charge on any atom is -0.377 e. The fourth-order valence-electron chi connectivity index (χ4n) is 1.54. The fourth-order valence-corrected chi connectivity index (χ4v) is 2.88. The summed E-state index contributed by atoms with van der Waals surface area (Å²) in [6.45, 7) is 4.85. The quantitative estimate of drug-likeness (QED) is 0.413. The molecule has 0 aromatic rings. The van der Waals surface area contributed by atoms with Gasteiger partial charge in [0.2, 0.25) is 5.91 Å². The van der Waals surface area contributed by atoms with E-state index in [4.69, 9.17) is 10.6 Å². The first-order valence-corrected chi connectivity index (χ1v) is 5.90. The SMILES string of the molecule is CCC(SC1CCOC1C)C(=O)NN. The van der Waals surface area contributed by atoms with Crippen molar-refractivity contribution in [2.45, 2.75) is 43.3 Å². The van der Waals surface area contributed by atoms with Crippen molar-refractivity contribution < 1.29 is 9.53 Å². The van der Waals surface area contributed by atoms with Gasteiger partial charge in [-0.2, -0.15) is 0 Å². The monoisotopic (exact) mass is 218 g/mol. The van der Waals surface area contributed by atoms with Gasteiger partial charge in [0.05, 0.1) is 11.4 Å². The van der Waals surface area contributed by atoms with Crippen LogP contribution >= 0.6 is 11.8 Å². The van der Waals surface area contributed by atoms with E-state index in [2.05, 4.69) is 12.3 Å². The second-order valence-corrected chi connectivity index (χ2v) is 4.89. The highest BCUT2D eigenvalue weighted by atomic mass is 32.2. The van der Waals surface area contributed by atoms with Crippen molar-refractivity contribution in [3.63, 3.8) is 0 Å².